The molecule has 0 atom stereocenters. The van der Waals surface area contributed by atoms with Gasteiger partial charge in [0.15, 0.2) is 0 Å². The fraction of sp³-hybridized carbons (Fsp3) is 0. The molecule has 0 spiro atoms. The first kappa shape index (κ1) is 2.38. The third kappa shape index (κ3) is 0.154. The molecule has 3 nitrogen and oxygen atoms in total. The van der Waals surface area contributed by atoms with Gasteiger partial charge in [0.05, 0.1) is 0 Å². The number of carbonyl (C=O) groups excluding carboxylic acids is 1. The molecule has 1 heterocycles. The minimum Gasteiger partial charge on any atom is -0.296 e. The molecule has 0 aromatic rings. The van der Waals surface area contributed by atoms with Crippen molar-refractivity contribution in [3.63, 3.8) is 0 Å². The molecule has 0 aromatic heterocycles. The topological polar surface area (TPSA) is 41.5 Å². The van der Waals surface area contributed by atoms with Crippen molar-refractivity contribution in [3.05, 3.63) is 0 Å². The van der Waals surface area contributed by atoms with Gasteiger partial charge in [-0.2, -0.15) is 4.99 Å². The van der Waals surface area contributed by atoms with Crippen molar-refractivity contribution >= 4 is 12.4 Å². The van der Waals surface area contributed by atoms with Gasteiger partial charge in [-0.15, -0.1) is 0 Å². The first-order valence-corrected chi connectivity index (χ1v) is 1.22. The predicted molar refractivity (Wildman–Crippen MR) is 17.0 cm³/mol. The van der Waals surface area contributed by atoms with Gasteiger partial charge in [0.25, 0.3) is 0 Å². The molecule has 0 saturated heterocycles. The molecule has 2 amide bonds. The van der Waals surface area contributed by atoms with Crippen LogP contribution in [0.2, 0.25) is 0 Å². The summed E-state index contributed by atoms with van der Waals surface area (Å²) in [5.41, 5.74) is 0. The fourth-order valence-corrected chi connectivity index (χ4v) is 0.117. The molecule has 5 heavy (non-hydrogen) atoms. The summed E-state index contributed by atoms with van der Waals surface area (Å²) < 4.78 is 0. The Morgan fingerprint density at radius 2 is 2.40 bits per heavy atom. The Morgan fingerprint density at radius 1 is 2.00 bits per heavy atom. The first-order chi connectivity index (χ1) is 2.39. The lowest BCUT2D eigenvalue weighted by atomic mass is 10.9. The van der Waals surface area contributed by atoms with Gasteiger partial charge in [0, 0.05) is 0 Å². The number of urea groups is 1. The first-order valence-electron chi connectivity index (χ1n) is 1.22. The second kappa shape index (κ2) is 0.544. The van der Waals surface area contributed by atoms with Crippen LogP contribution in [-0.4, -0.2) is 12.4 Å². The molecule has 0 radical (unpaired) electrons. The van der Waals surface area contributed by atoms with Gasteiger partial charge in [-0.25, -0.2) is 4.79 Å². The molecule has 1 N–H and O–H groups in total. The summed E-state index contributed by atoms with van der Waals surface area (Å²) in [6.45, 7) is 0. The van der Waals surface area contributed by atoms with Crippen molar-refractivity contribution in [3.8, 4) is 0 Å². The number of nitrogens with one attached hydrogen (secondary N) is 1. The molecule has 0 aromatic carbocycles. The Bertz CT molecular complexity index is 85.6. The summed E-state index contributed by atoms with van der Waals surface area (Å²) in [6.07, 6.45) is 1.35. The van der Waals surface area contributed by atoms with Crippen molar-refractivity contribution in [2.75, 3.05) is 0 Å². The van der Waals surface area contributed by atoms with E-state index in [1.807, 2.05) is 0 Å². The molecule has 1 rings (SSSR count). The van der Waals surface area contributed by atoms with Gasteiger partial charge >= 0.3 is 6.03 Å². The quantitative estimate of drug-likeness (QED) is 0.419. The molecular formula is C2H2N2O. The number of rotatable bonds is 0. The number of aliphatic imine (C=N–C) groups is 1. The van der Waals surface area contributed by atoms with Gasteiger partial charge in [-0.3, -0.25) is 5.32 Å². The van der Waals surface area contributed by atoms with Gasteiger partial charge in [-0.05, 0) is 0 Å². The van der Waals surface area contributed by atoms with Crippen LogP contribution in [0.5, 0.6) is 0 Å². The van der Waals surface area contributed by atoms with E-state index in [-0.39, 0.29) is 6.03 Å². The van der Waals surface area contributed by atoms with E-state index in [1.54, 1.807) is 0 Å². The molecule has 0 aliphatic carbocycles. The van der Waals surface area contributed by atoms with Crippen LogP contribution in [0.4, 0.5) is 4.79 Å². The van der Waals surface area contributed by atoms with Crippen molar-refractivity contribution in [1.29, 1.82) is 0 Å². The van der Waals surface area contributed by atoms with Crippen LogP contribution >= 0.6 is 0 Å². The monoisotopic (exact) mass is 70.0 g/mol. The SMILES string of the molecule is O=C1N=CN1. The maximum Gasteiger partial charge on any atom is 0.347 e. The Labute approximate surface area is 28.7 Å². The third-order valence-corrected chi connectivity index (χ3v) is 0.370. The lowest BCUT2D eigenvalue weighted by Crippen LogP contribution is -2.27. The minimum atomic E-state index is -0.245. The Balaban J connectivity index is 2.71. The van der Waals surface area contributed by atoms with Crippen LogP contribution < -0.4 is 5.32 Å². The lowest BCUT2D eigenvalue weighted by Gasteiger charge is -1.96. The second-order valence-electron chi connectivity index (χ2n) is 0.708. The zero-order valence-corrected chi connectivity index (χ0v) is 2.43. The Kier molecular flexibility index (Phi) is 0.259. The van der Waals surface area contributed by atoms with E-state index in [4.69, 9.17) is 0 Å². The van der Waals surface area contributed by atoms with Crippen LogP contribution in [0.3, 0.4) is 0 Å². The van der Waals surface area contributed by atoms with Crippen LogP contribution in [0.25, 0.3) is 0 Å². The lowest BCUT2D eigenvalue weighted by molar-refractivity contribution is 0.250. The Hall–Kier alpha value is -0.860. The molecule has 3 heteroatoms. The molecule has 0 fully saturated rings. The van der Waals surface area contributed by atoms with Crippen LogP contribution in [-0.2, 0) is 0 Å². The van der Waals surface area contributed by atoms with E-state index in [2.05, 4.69) is 10.3 Å². The van der Waals surface area contributed by atoms with E-state index in [1.165, 1.54) is 6.34 Å². The van der Waals surface area contributed by atoms with E-state index in [0.717, 1.165) is 0 Å². The van der Waals surface area contributed by atoms with Crippen LogP contribution in [0.15, 0.2) is 4.99 Å². The number of nitrogens with zero attached hydrogens (tertiary/aromatic N) is 1. The number of carbonyl (C=O) groups is 1. The molecule has 0 bridgehead atoms. The fourth-order valence-electron chi connectivity index (χ4n) is 0.117. The van der Waals surface area contributed by atoms with Crippen molar-refractivity contribution in [2.45, 2.75) is 0 Å². The summed E-state index contributed by atoms with van der Waals surface area (Å²) in [4.78, 5) is 12.8. The summed E-state index contributed by atoms with van der Waals surface area (Å²) in [7, 11) is 0. The van der Waals surface area contributed by atoms with Crippen molar-refractivity contribution in [2.24, 2.45) is 4.99 Å². The minimum absolute atomic E-state index is 0.245. The molecule has 1 aliphatic heterocycles. The smallest absolute Gasteiger partial charge is 0.296 e. The molecule has 1 aliphatic rings. The zero-order valence-electron chi connectivity index (χ0n) is 2.43. The van der Waals surface area contributed by atoms with Gasteiger partial charge < -0.3 is 0 Å². The van der Waals surface area contributed by atoms with Crippen molar-refractivity contribution in [1.82, 2.24) is 5.32 Å². The highest BCUT2D eigenvalue weighted by atomic mass is 16.2. The van der Waals surface area contributed by atoms with Gasteiger partial charge in [0.2, 0.25) is 0 Å². The number of hydrogen-bond donors (Lipinski definition) is 1. The second-order valence-corrected chi connectivity index (χ2v) is 0.708. The molecular weight excluding hydrogens is 68.0 g/mol. The van der Waals surface area contributed by atoms with Crippen molar-refractivity contribution < 1.29 is 4.79 Å². The standard InChI is InChI=1S/C2H2N2O/c5-2-3-1-4-2/h1H,(H,3,4,5). The number of hydrogen-bond acceptors (Lipinski definition) is 1. The Morgan fingerprint density at radius 3 is 2.40 bits per heavy atom. The molecule has 26 valence electrons. The highest BCUT2D eigenvalue weighted by Gasteiger charge is 1.97. The number of amides is 2. The maximum atomic E-state index is 9.59. The zero-order chi connectivity index (χ0) is 3.70. The average Bonchev–Trinajstić information content (AvgIpc) is 1.30. The average molecular weight is 70.1 g/mol. The maximum absolute atomic E-state index is 9.59. The summed E-state index contributed by atoms with van der Waals surface area (Å²) >= 11 is 0. The molecule has 0 saturated carbocycles. The van der Waals surface area contributed by atoms with E-state index >= 15 is 0 Å². The van der Waals surface area contributed by atoms with Gasteiger partial charge in [-0.1, -0.05) is 0 Å². The summed E-state index contributed by atoms with van der Waals surface area (Å²) in [6, 6.07) is -0.245. The largest absolute Gasteiger partial charge is 0.347 e. The molecule has 0 unspecified atom stereocenters. The normalized spacial score (nSPS) is 17.2. The van der Waals surface area contributed by atoms with Crippen LogP contribution in [0, 0.1) is 0 Å². The predicted octanol–water partition coefficient (Wildman–Crippen LogP) is -0.262. The van der Waals surface area contributed by atoms with E-state index in [9.17, 15) is 4.79 Å². The summed E-state index contributed by atoms with van der Waals surface area (Å²) in [5, 5.41) is 2.28. The third-order valence-electron chi connectivity index (χ3n) is 0.370. The van der Waals surface area contributed by atoms with E-state index in [0.29, 0.717) is 0 Å². The highest BCUT2D eigenvalue weighted by molar-refractivity contribution is 6.00. The van der Waals surface area contributed by atoms with Gasteiger partial charge in [0.1, 0.15) is 6.34 Å². The summed E-state index contributed by atoms with van der Waals surface area (Å²) in [5.74, 6) is 0. The highest BCUT2D eigenvalue weighted by Crippen LogP contribution is 1.74. The van der Waals surface area contributed by atoms with Crippen LogP contribution in [0.1, 0.15) is 0 Å². The van der Waals surface area contributed by atoms with E-state index < -0.39 is 0 Å².